The summed E-state index contributed by atoms with van der Waals surface area (Å²) in [6.45, 7) is 3.86. The molecular weight excluding hydrogens is 208 g/mol. The Bertz CT molecular complexity index is 595. The molecule has 2 rings (SSSR count). The summed E-state index contributed by atoms with van der Waals surface area (Å²) in [7, 11) is 0. The van der Waals surface area contributed by atoms with Crippen LogP contribution in [-0.2, 0) is 11.3 Å². The molecule has 1 aromatic heterocycles. The van der Waals surface area contributed by atoms with E-state index < -0.39 is 0 Å². The second-order valence-corrected chi connectivity index (χ2v) is 3.48. The van der Waals surface area contributed by atoms with Gasteiger partial charge in [-0.05, 0) is 19.1 Å². The van der Waals surface area contributed by atoms with E-state index in [-0.39, 0.29) is 11.7 Å². The average molecular weight is 220 g/mol. The number of fused-ring (bicyclic) bond motifs is 1. The quantitative estimate of drug-likeness (QED) is 0.835. The number of carbonyl (C=O) groups is 1. The van der Waals surface area contributed by atoms with Gasteiger partial charge < -0.3 is 9.73 Å². The Morgan fingerprint density at radius 3 is 2.88 bits per heavy atom. The molecule has 0 atom stereocenters. The third kappa shape index (κ3) is 1.71. The average Bonchev–Trinajstić information content (AvgIpc) is 2.51. The Kier molecular flexibility index (Phi) is 2.52. The zero-order valence-electron chi connectivity index (χ0n) is 9.11. The maximum atomic E-state index is 11.4. The van der Waals surface area contributed by atoms with Crippen molar-refractivity contribution in [3.8, 4) is 0 Å². The first-order valence-electron chi connectivity index (χ1n) is 5.03. The van der Waals surface area contributed by atoms with E-state index in [0.717, 1.165) is 5.52 Å². The van der Waals surface area contributed by atoms with Gasteiger partial charge in [-0.1, -0.05) is 0 Å². The molecule has 0 bridgehead atoms. The molecule has 0 fully saturated rings. The summed E-state index contributed by atoms with van der Waals surface area (Å²) in [6, 6.07) is 5.14. The van der Waals surface area contributed by atoms with Gasteiger partial charge in [-0.15, -0.1) is 0 Å². The van der Waals surface area contributed by atoms with Crippen LogP contribution in [0.1, 0.15) is 13.8 Å². The van der Waals surface area contributed by atoms with Crippen LogP contribution in [-0.4, -0.2) is 10.5 Å². The number of nitrogens with one attached hydrogen (secondary N) is 1. The first-order valence-corrected chi connectivity index (χ1v) is 5.03. The van der Waals surface area contributed by atoms with E-state index in [4.69, 9.17) is 4.42 Å². The van der Waals surface area contributed by atoms with Crippen LogP contribution in [0, 0.1) is 0 Å². The lowest BCUT2D eigenvalue weighted by Gasteiger charge is -2.01. The number of aromatic nitrogens is 1. The van der Waals surface area contributed by atoms with Crippen molar-refractivity contribution in [1.29, 1.82) is 0 Å². The van der Waals surface area contributed by atoms with Crippen LogP contribution < -0.4 is 11.1 Å². The lowest BCUT2D eigenvalue weighted by molar-refractivity contribution is -0.114. The Balaban J connectivity index is 2.56. The van der Waals surface area contributed by atoms with Gasteiger partial charge >= 0.3 is 5.76 Å². The Labute approximate surface area is 91.7 Å². The second-order valence-electron chi connectivity index (χ2n) is 3.48. The highest BCUT2D eigenvalue weighted by atomic mass is 16.4. The van der Waals surface area contributed by atoms with Crippen molar-refractivity contribution in [3.63, 3.8) is 0 Å². The molecule has 16 heavy (non-hydrogen) atoms. The number of carbonyl (C=O) groups excluding carboxylic acids is 1. The van der Waals surface area contributed by atoms with Crippen LogP contribution in [0.4, 0.5) is 5.69 Å². The van der Waals surface area contributed by atoms with Crippen molar-refractivity contribution < 1.29 is 9.21 Å². The summed E-state index contributed by atoms with van der Waals surface area (Å²) in [5, 5.41) is 2.63. The van der Waals surface area contributed by atoms with Gasteiger partial charge in [-0.25, -0.2) is 4.79 Å². The fourth-order valence-electron chi connectivity index (χ4n) is 1.65. The number of oxazole rings is 1. The van der Waals surface area contributed by atoms with E-state index in [1.807, 2.05) is 6.92 Å². The SMILES string of the molecule is CCn1c(=O)oc2cc(NC(C)=O)ccc21. The number of rotatable bonds is 2. The zero-order chi connectivity index (χ0) is 11.7. The molecule has 0 saturated heterocycles. The molecule has 1 aromatic carbocycles. The highest BCUT2D eigenvalue weighted by Gasteiger charge is 2.08. The number of nitrogens with zero attached hydrogens (tertiary/aromatic N) is 1. The molecule has 0 saturated carbocycles. The lowest BCUT2D eigenvalue weighted by Crippen LogP contribution is -2.11. The van der Waals surface area contributed by atoms with Crippen molar-refractivity contribution in [2.45, 2.75) is 20.4 Å². The Hall–Kier alpha value is -2.04. The fourth-order valence-corrected chi connectivity index (χ4v) is 1.65. The van der Waals surface area contributed by atoms with E-state index in [2.05, 4.69) is 5.32 Å². The van der Waals surface area contributed by atoms with Crippen LogP contribution in [0.15, 0.2) is 27.4 Å². The summed E-state index contributed by atoms with van der Waals surface area (Å²) >= 11 is 0. The molecule has 0 aliphatic heterocycles. The van der Waals surface area contributed by atoms with Crippen LogP contribution in [0.25, 0.3) is 11.1 Å². The van der Waals surface area contributed by atoms with Crippen LogP contribution in [0.3, 0.4) is 0 Å². The molecule has 0 aliphatic rings. The maximum Gasteiger partial charge on any atom is 0.419 e. The minimum Gasteiger partial charge on any atom is -0.408 e. The van der Waals surface area contributed by atoms with Gasteiger partial charge in [0.1, 0.15) is 0 Å². The summed E-state index contributed by atoms with van der Waals surface area (Å²) in [5.74, 6) is -0.533. The predicted octanol–water partition coefficient (Wildman–Crippen LogP) is 1.57. The summed E-state index contributed by atoms with van der Waals surface area (Å²) < 4.78 is 6.60. The number of aryl methyl sites for hydroxylation is 1. The van der Waals surface area contributed by atoms with Gasteiger partial charge in [-0.2, -0.15) is 0 Å². The lowest BCUT2D eigenvalue weighted by atomic mass is 10.3. The van der Waals surface area contributed by atoms with E-state index in [1.54, 1.807) is 18.2 Å². The molecule has 0 radical (unpaired) electrons. The summed E-state index contributed by atoms with van der Waals surface area (Å²) in [5.41, 5.74) is 1.84. The monoisotopic (exact) mass is 220 g/mol. The minimum absolute atomic E-state index is 0.156. The van der Waals surface area contributed by atoms with Crippen molar-refractivity contribution >= 4 is 22.7 Å². The number of anilines is 1. The van der Waals surface area contributed by atoms with Crippen molar-refractivity contribution in [2.24, 2.45) is 0 Å². The number of benzene rings is 1. The van der Waals surface area contributed by atoms with E-state index in [9.17, 15) is 9.59 Å². The molecule has 5 nitrogen and oxygen atoms in total. The molecule has 1 heterocycles. The molecular formula is C11H12N2O3. The van der Waals surface area contributed by atoms with Crippen LogP contribution in [0.5, 0.6) is 0 Å². The molecule has 2 aromatic rings. The molecule has 1 N–H and O–H groups in total. The molecule has 84 valence electrons. The van der Waals surface area contributed by atoms with E-state index in [1.165, 1.54) is 11.5 Å². The topological polar surface area (TPSA) is 64.2 Å². The molecule has 0 unspecified atom stereocenters. The Morgan fingerprint density at radius 1 is 1.50 bits per heavy atom. The first kappa shape index (κ1) is 10.5. The van der Waals surface area contributed by atoms with Gasteiger partial charge in [0.15, 0.2) is 5.58 Å². The second kappa shape index (κ2) is 3.84. The number of amides is 1. The number of hydrogen-bond donors (Lipinski definition) is 1. The van der Waals surface area contributed by atoms with Gasteiger partial charge in [0.25, 0.3) is 0 Å². The molecule has 0 aliphatic carbocycles. The maximum absolute atomic E-state index is 11.4. The molecule has 1 amide bonds. The van der Waals surface area contributed by atoms with E-state index in [0.29, 0.717) is 17.8 Å². The first-order chi connectivity index (χ1) is 7.61. The predicted molar refractivity (Wildman–Crippen MR) is 60.5 cm³/mol. The third-order valence-electron chi connectivity index (χ3n) is 2.30. The van der Waals surface area contributed by atoms with Gasteiger partial charge in [-0.3, -0.25) is 9.36 Å². The van der Waals surface area contributed by atoms with E-state index >= 15 is 0 Å². The number of hydrogen-bond acceptors (Lipinski definition) is 3. The summed E-state index contributed by atoms with van der Waals surface area (Å²) in [6.07, 6.45) is 0. The van der Waals surface area contributed by atoms with Gasteiger partial charge in [0, 0.05) is 25.2 Å². The van der Waals surface area contributed by atoms with Crippen molar-refractivity contribution in [3.05, 3.63) is 28.7 Å². The largest absolute Gasteiger partial charge is 0.419 e. The molecule has 5 heteroatoms. The normalized spacial score (nSPS) is 10.6. The van der Waals surface area contributed by atoms with Crippen LogP contribution in [0.2, 0.25) is 0 Å². The minimum atomic E-state index is -0.377. The van der Waals surface area contributed by atoms with Crippen LogP contribution >= 0.6 is 0 Å². The summed E-state index contributed by atoms with van der Waals surface area (Å²) in [4.78, 5) is 22.3. The van der Waals surface area contributed by atoms with Crippen molar-refractivity contribution in [1.82, 2.24) is 4.57 Å². The van der Waals surface area contributed by atoms with Gasteiger partial charge in [0.2, 0.25) is 5.91 Å². The molecule has 0 spiro atoms. The standard InChI is InChI=1S/C11H12N2O3/c1-3-13-9-5-4-8(12-7(2)14)6-10(9)16-11(13)15/h4-6H,3H2,1-2H3,(H,12,14). The van der Waals surface area contributed by atoms with Crippen molar-refractivity contribution in [2.75, 3.05) is 5.32 Å². The highest BCUT2D eigenvalue weighted by Crippen LogP contribution is 2.18. The van der Waals surface area contributed by atoms with Gasteiger partial charge in [0.05, 0.1) is 5.52 Å². The third-order valence-corrected chi connectivity index (χ3v) is 2.30. The highest BCUT2D eigenvalue weighted by molar-refractivity contribution is 5.91. The Morgan fingerprint density at radius 2 is 2.25 bits per heavy atom. The zero-order valence-corrected chi connectivity index (χ0v) is 9.11. The fraction of sp³-hybridized carbons (Fsp3) is 0.273. The smallest absolute Gasteiger partial charge is 0.408 e.